The molecular weight excluding hydrogens is 717 g/mol. The number of phenols is 2. The fraction of sp³-hybridized carbons (Fsp3) is 0.308. The number of phenolic OH excluding ortho intramolecular Hbond substituents is 2. The summed E-state index contributed by atoms with van der Waals surface area (Å²) in [6.07, 6.45) is 12.0. The van der Waals surface area contributed by atoms with Gasteiger partial charge < -0.3 is 19.7 Å². The second-order valence-electron chi connectivity index (χ2n) is 14.5. The largest absolute Gasteiger partial charge is 0.507 e. The summed E-state index contributed by atoms with van der Waals surface area (Å²) in [5.74, 6) is 14.7. The summed E-state index contributed by atoms with van der Waals surface area (Å²) in [5, 5.41) is 22.0. The standard InChI is InChI=1S/C52H56N2O4/c1-5-9-17-39(7-3)37-57-51-33-47(53-35-45-29-27-43(31-49(45)55)25-23-41-19-13-11-14-20-41)48(34-52(51)58-38-40(8-4)18-10-6-2)54-36-46-30-28-44(32-50(46)56)26-24-42-21-15-12-16-22-42/h11-16,19-22,27-36,39-40,55-56H,5-10,17-18,37-38H2,1-4H3. The highest BCUT2D eigenvalue weighted by molar-refractivity contribution is 5.90. The van der Waals surface area contributed by atoms with E-state index in [-0.39, 0.29) is 11.5 Å². The van der Waals surface area contributed by atoms with Crippen molar-refractivity contribution in [1.82, 2.24) is 0 Å². The van der Waals surface area contributed by atoms with Crippen LogP contribution in [0.3, 0.4) is 0 Å². The van der Waals surface area contributed by atoms with E-state index in [1.54, 1.807) is 36.7 Å². The second-order valence-corrected chi connectivity index (χ2v) is 14.5. The van der Waals surface area contributed by atoms with E-state index in [4.69, 9.17) is 19.5 Å². The molecule has 2 unspecified atom stereocenters. The molecule has 58 heavy (non-hydrogen) atoms. The van der Waals surface area contributed by atoms with Gasteiger partial charge in [-0.3, -0.25) is 9.98 Å². The van der Waals surface area contributed by atoms with Gasteiger partial charge in [-0.1, -0.05) is 126 Å². The minimum atomic E-state index is 0.0601. The van der Waals surface area contributed by atoms with Gasteiger partial charge >= 0.3 is 0 Å². The first-order valence-corrected chi connectivity index (χ1v) is 20.7. The van der Waals surface area contributed by atoms with Crippen molar-refractivity contribution in [3.63, 3.8) is 0 Å². The fourth-order valence-corrected chi connectivity index (χ4v) is 6.25. The lowest BCUT2D eigenvalue weighted by Gasteiger charge is -2.21. The molecule has 2 N–H and O–H groups in total. The molecule has 0 saturated heterocycles. The topological polar surface area (TPSA) is 83.6 Å². The van der Waals surface area contributed by atoms with E-state index in [0.29, 0.717) is 70.2 Å². The van der Waals surface area contributed by atoms with Crippen LogP contribution in [0.2, 0.25) is 0 Å². The molecule has 0 fully saturated rings. The normalized spacial score (nSPS) is 12.1. The molecule has 6 nitrogen and oxygen atoms in total. The zero-order chi connectivity index (χ0) is 41.0. The molecule has 0 aliphatic rings. The Labute approximate surface area is 345 Å². The van der Waals surface area contributed by atoms with E-state index in [0.717, 1.165) is 62.5 Å². The molecule has 5 aromatic rings. The van der Waals surface area contributed by atoms with E-state index in [1.165, 1.54) is 0 Å². The fourth-order valence-electron chi connectivity index (χ4n) is 6.25. The second kappa shape index (κ2) is 23.1. The number of unbranched alkanes of at least 4 members (excludes halogenated alkanes) is 2. The minimum absolute atomic E-state index is 0.0601. The van der Waals surface area contributed by atoms with Gasteiger partial charge in [-0.25, -0.2) is 0 Å². The molecule has 0 radical (unpaired) electrons. The number of rotatable bonds is 18. The van der Waals surface area contributed by atoms with E-state index in [1.807, 2.05) is 84.9 Å². The molecular formula is C52H56N2O4. The molecule has 5 rings (SSSR count). The molecule has 6 heteroatoms. The average Bonchev–Trinajstić information content (AvgIpc) is 3.25. The monoisotopic (exact) mass is 772 g/mol. The summed E-state index contributed by atoms with van der Waals surface area (Å²) >= 11 is 0. The van der Waals surface area contributed by atoms with Crippen LogP contribution >= 0.6 is 0 Å². The summed E-state index contributed by atoms with van der Waals surface area (Å²) in [7, 11) is 0. The summed E-state index contributed by atoms with van der Waals surface area (Å²) < 4.78 is 13.1. The van der Waals surface area contributed by atoms with Gasteiger partial charge in [0.2, 0.25) is 0 Å². The molecule has 0 amide bonds. The number of hydrogen-bond donors (Lipinski definition) is 2. The van der Waals surface area contributed by atoms with Crippen LogP contribution in [-0.2, 0) is 0 Å². The van der Waals surface area contributed by atoms with Crippen LogP contribution in [0.25, 0.3) is 0 Å². The molecule has 2 atom stereocenters. The van der Waals surface area contributed by atoms with Crippen molar-refractivity contribution in [1.29, 1.82) is 0 Å². The van der Waals surface area contributed by atoms with Crippen LogP contribution in [0.5, 0.6) is 23.0 Å². The zero-order valence-electron chi connectivity index (χ0n) is 34.4. The van der Waals surface area contributed by atoms with Gasteiger partial charge in [-0.05, 0) is 85.3 Å². The first kappa shape index (κ1) is 42.9. The molecule has 0 aromatic heterocycles. The van der Waals surface area contributed by atoms with Crippen LogP contribution in [0.4, 0.5) is 11.4 Å². The van der Waals surface area contributed by atoms with Gasteiger partial charge in [0.25, 0.3) is 0 Å². The van der Waals surface area contributed by atoms with E-state index in [9.17, 15) is 10.2 Å². The summed E-state index contributed by atoms with van der Waals surface area (Å²) in [5.41, 5.74) is 5.28. The third-order valence-electron chi connectivity index (χ3n) is 10.1. The third-order valence-corrected chi connectivity index (χ3v) is 10.1. The van der Waals surface area contributed by atoms with Crippen LogP contribution in [0, 0.1) is 35.5 Å². The van der Waals surface area contributed by atoms with Crippen molar-refractivity contribution in [2.24, 2.45) is 21.8 Å². The van der Waals surface area contributed by atoms with Gasteiger partial charge in [0.15, 0.2) is 11.5 Å². The number of aliphatic imine (C=N–C) groups is 2. The number of ether oxygens (including phenoxy) is 2. The molecule has 0 aliphatic carbocycles. The quantitative estimate of drug-likeness (QED) is 0.0686. The van der Waals surface area contributed by atoms with Gasteiger partial charge in [-0.15, -0.1) is 0 Å². The van der Waals surface area contributed by atoms with Crippen molar-refractivity contribution >= 4 is 23.8 Å². The van der Waals surface area contributed by atoms with E-state index >= 15 is 0 Å². The van der Waals surface area contributed by atoms with Crippen LogP contribution in [0.1, 0.15) is 112 Å². The molecule has 0 saturated carbocycles. The highest BCUT2D eigenvalue weighted by atomic mass is 16.5. The predicted molar refractivity (Wildman–Crippen MR) is 240 cm³/mol. The minimum Gasteiger partial charge on any atom is -0.507 e. The Kier molecular flexibility index (Phi) is 17.1. The predicted octanol–water partition coefficient (Wildman–Crippen LogP) is 12.6. The van der Waals surface area contributed by atoms with Crippen molar-refractivity contribution in [3.8, 4) is 46.7 Å². The Morgan fingerprint density at radius 1 is 0.517 bits per heavy atom. The van der Waals surface area contributed by atoms with E-state index < -0.39 is 0 Å². The number of aromatic hydroxyl groups is 2. The Bertz CT molecular complexity index is 2080. The Hall–Kier alpha value is -6.24. The Morgan fingerprint density at radius 2 is 0.914 bits per heavy atom. The van der Waals surface area contributed by atoms with Crippen molar-refractivity contribution < 1.29 is 19.7 Å². The first-order valence-electron chi connectivity index (χ1n) is 20.7. The molecule has 0 spiro atoms. The highest BCUT2D eigenvalue weighted by Gasteiger charge is 2.17. The van der Waals surface area contributed by atoms with Crippen LogP contribution in [0.15, 0.2) is 119 Å². The van der Waals surface area contributed by atoms with Gasteiger partial charge in [-0.2, -0.15) is 0 Å². The Morgan fingerprint density at radius 3 is 1.28 bits per heavy atom. The van der Waals surface area contributed by atoms with Gasteiger partial charge in [0.05, 0.1) is 24.6 Å². The van der Waals surface area contributed by atoms with Crippen molar-refractivity contribution in [3.05, 3.63) is 143 Å². The maximum absolute atomic E-state index is 11.0. The van der Waals surface area contributed by atoms with Gasteiger partial charge in [0, 0.05) is 57.9 Å². The summed E-state index contributed by atoms with van der Waals surface area (Å²) in [6, 6.07) is 33.8. The number of hydrogen-bond acceptors (Lipinski definition) is 6. The number of benzene rings is 5. The lowest BCUT2D eigenvalue weighted by atomic mass is 10.0. The maximum atomic E-state index is 11.0. The lowest BCUT2D eigenvalue weighted by Crippen LogP contribution is -2.14. The van der Waals surface area contributed by atoms with Gasteiger partial charge in [0.1, 0.15) is 11.5 Å². The SMILES string of the molecule is CCCCC(CC)COc1cc(N=Cc2ccc(C#Cc3ccccc3)cc2O)c(N=Cc2ccc(C#Cc3ccccc3)cc2O)cc1OCC(CC)CCCC. The van der Waals surface area contributed by atoms with E-state index in [2.05, 4.69) is 51.4 Å². The molecule has 0 aliphatic heterocycles. The molecule has 0 heterocycles. The Balaban J connectivity index is 1.51. The molecule has 298 valence electrons. The smallest absolute Gasteiger partial charge is 0.163 e. The van der Waals surface area contributed by atoms with Crippen LogP contribution in [-0.4, -0.2) is 35.9 Å². The first-order chi connectivity index (χ1) is 28.4. The molecule has 0 bridgehead atoms. The van der Waals surface area contributed by atoms with Crippen molar-refractivity contribution in [2.75, 3.05) is 13.2 Å². The molecule has 5 aromatic carbocycles. The summed E-state index contributed by atoms with van der Waals surface area (Å²) in [4.78, 5) is 9.72. The third kappa shape index (κ3) is 13.5. The average molecular weight is 773 g/mol. The lowest BCUT2D eigenvalue weighted by molar-refractivity contribution is 0.199. The summed E-state index contributed by atoms with van der Waals surface area (Å²) in [6.45, 7) is 9.96. The highest BCUT2D eigenvalue weighted by Crippen LogP contribution is 2.41. The zero-order valence-corrected chi connectivity index (χ0v) is 34.4. The van der Waals surface area contributed by atoms with Crippen LogP contribution < -0.4 is 9.47 Å². The maximum Gasteiger partial charge on any atom is 0.163 e. The van der Waals surface area contributed by atoms with Crippen molar-refractivity contribution in [2.45, 2.75) is 79.1 Å². The number of nitrogens with zero attached hydrogens (tertiary/aromatic N) is 2.